The van der Waals surface area contributed by atoms with Crippen LogP contribution < -0.4 is 14.9 Å². The number of carboxylic acid groups (broad SMARTS) is 1. The van der Waals surface area contributed by atoms with E-state index in [1.165, 1.54) is 6.21 Å². The van der Waals surface area contributed by atoms with Gasteiger partial charge in [-0.1, -0.05) is 18.2 Å². The Hall–Kier alpha value is -3.35. The summed E-state index contributed by atoms with van der Waals surface area (Å²) in [6.07, 6.45) is 1.38. The first-order valence-corrected chi connectivity index (χ1v) is 7.91. The van der Waals surface area contributed by atoms with Gasteiger partial charge >= 0.3 is 5.97 Å². The van der Waals surface area contributed by atoms with Gasteiger partial charge in [-0.25, -0.2) is 10.2 Å². The van der Waals surface area contributed by atoms with Crippen molar-refractivity contribution in [2.24, 2.45) is 5.10 Å². The number of carbonyl (C=O) groups excluding carboxylic acids is 1. The zero-order valence-electron chi connectivity index (χ0n) is 14.6. The van der Waals surface area contributed by atoms with Gasteiger partial charge in [0.25, 0.3) is 5.91 Å². The first-order valence-electron chi connectivity index (χ1n) is 7.91. The number of ether oxygens (including phenoxy) is 2. The number of rotatable bonds is 8. The number of para-hydroxylation sites is 1. The van der Waals surface area contributed by atoms with Gasteiger partial charge in [-0.3, -0.25) is 4.79 Å². The molecule has 7 heteroatoms. The molecule has 26 heavy (non-hydrogen) atoms. The number of benzene rings is 2. The fraction of sp³-hybridized carbons (Fsp3) is 0.211. The quantitative estimate of drug-likeness (QED) is 0.559. The molecule has 2 N–H and O–H groups in total. The SMILES string of the molecule is Cc1ccc(OCC(=O)N/N=C/c2ccccc2OCC(=O)O)cc1C. The molecule has 0 saturated carbocycles. The molecule has 0 unspecified atom stereocenters. The molecule has 0 aliphatic heterocycles. The zero-order valence-corrected chi connectivity index (χ0v) is 14.6. The third kappa shape index (κ3) is 5.94. The molecule has 136 valence electrons. The maximum Gasteiger partial charge on any atom is 0.341 e. The van der Waals surface area contributed by atoms with Crippen molar-refractivity contribution in [1.29, 1.82) is 0 Å². The van der Waals surface area contributed by atoms with Crippen molar-refractivity contribution < 1.29 is 24.2 Å². The lowest BCUT2D eigenvalue weighted by molar-refractivity contribution is -0.139. The smallest absolute Gasteiger partial charge is 0.341 e. The van der Waals surface area contributed by atoms with Crippen molar-refractivity contribution in [2.45, 2.75) is 13.8 Å². The molecule has 0 fully saturated rings. The average Bonchev–Trinajstić information content (AvgIpc) is 2.62. The van der Waals surface area contributed by atoms with Gasteiger partial charge in [0.2, 0.25) is 0 Å². The second kappa shape index (κ2) is 9.22. The van der Waals surface area contributed by atoms with Gasteiger partial charge in [-0.2, -0.15) is 5.10 Å². The molecule has 2 aromatic rings. The molecule has 7 nitrogen and oxygen atoms in total. The van der Waals surface area contributed by atoms with Crippen molar-refractivity contribution in [3.63, 3.8) is 0 Å². The lowest BCUT2D eigenvalue weighted by Crippen LogP contribution is -2.24. The summed E-state index contributed by atoms with van der Waals surface area (Å²) in [7, 11) is 0. The van der Waals surface area contributed by atoms with Gasteiger partial charge in [0.1, 0.15) is 11.5 Å². The molecule has 0 heterocycles. The predicted molar refractivity (Wildman–Crippen MR) is 96.7 cm³/mol. The molecule has 2 aromatic carbocycles. The summed E-state index contributed by atoms with van der Waals surface area (Å²) in [5, 5.41) is 12.5. The summed E-state index contributed by atoms with van der Waals surface area (Å²) in [5.41, 5.74) is 5.13. The summed E-state index contributed by atoms with van der Waals surface area (Å²) >= 11 is 0. The number of aliphatic carboxylic acids is 1. The van der Waals surface area contributed by atoms with Gasteiger partial charge in [0.05, 0.1) is 6.21 Å². The number of carbonyl (C=O) groups is 2. The van der Waals surface area contributed by atoms with E-state index in [4.69, 9.17) is 14.6 Å². The van der Waals surface area contributed by atoms with Gasteiger partial charge < -0.3 is 14.6 Å². The molecule has 0 aliphatic carbocycles. The largest absolute Gasteiger partial charge is 0.484 e. The van der Waals surface area contributed by atoms with Crippen LogP contribution in [-0.2, 0) is 9.59 Å². The maximum absolute atomic E-state index is 11.8. The average molecular weight is 356 g/mol. The summed E-state index contributed by atoms with van der Waals surface area (Å²) in [5.74, 6) is -0.518. The number of amides is 1. The molecule has 0 atom stereocenters. The molecule has 1 amide bonds. The molecule has 0 radical (unpaired) electrons. The van der Waals surface area contributed by atoms with Crippen LogP contribution in [0.3, 0.4) is 0 Å². The number of aryl methyl sites for hydroxylation is 2. The van der Waals surface area contributed by atoms with Crippen LogP contribution in [0.4, 0.5) is 0 Å². The van der Waals surface area contributed by atoms with Crippen LogP contribution >= 0.6 is 0 Å². The van der Waals surface area contributed by atoms with E-state index >= 15 is 0 Å². The van der Waals surface area contributed by atoms with E-state index in [9.17, 15) is 9.59 Å². The minimum atomic E-state index is -1.08. The summed E-state index contributed by atoms with van der Waals surface area (Å²) in [6.45, 7) is 3.34. The Bertz CT molecular complexity index is 817. The number of hydrogen-bond acceptors (Lipinski definition) is 5. The molecule has 0 spiro atoms. The van der Waals surface area contributed by atoms with Gasteiger partial charge in [-0.15, -0.1) is 0 Å². The molecular weight excluding hydrogens is 336 g/mol. The third-order valence-electron chi connectivity index (χ3n) is 3.51. The highest BCUT2D eigenvalue weighted by Crippen LogP contribution is 2.16. The predicted octanol–water partition coefficient (Wildman–Crippen LogP) is 2.30. The highest BCUT2D eigenvalue weighted by molar-refractivity contribution is 5.85. The van der Waals surface area contributed by atoms with E-state index in [-0.39, 0.29) is 6.61 Å². The van der Waals surface area contributed by atoms with Crippen molar-refractivity contribution in [3.8, 4) is 11.5 Å². The Kier molecular flexibility index (Phi) is 6.73. The lowest BCUT2D eigenvalue weighted by Gasteiger charge is -2.08. The molecule has 0 bridgehead atoms. The van der Waals surface area contributed by atoms with Crippen LogP contribution in [0.2, 0.25) is 0 Å². The van der Waals surface area contributed by atoms with Crippen LogP contribution in [-0.4, -0.2) is 36.4 Å². The highest BCUT2D eigenvalue weighted by atomic mass is 16.5. The summed E-state index contributed by atoms with van der Waals surface area (Å²) in [4.78, 5) is 22.4. The minimum Gasteiger partial charge on any atom is -0.484 e. The summed E-state index contributed by atoms with van der Waals surface area (Å²) < 4.78 is 10.6. The first kappa shape index (κ1) is 19.0. The Morgan fingerprint density at radius 3 is 2.58 bits per heavy atom. The Morgan fingerprint density at radius 1 is 1.08 bits per heavy atom. The minimum absolute atomic E-state index is 0.170. The fourth-order valence-electron chi connectivity index (χ4n) is 2.02. The van der Waals surface area contributed by atoms with E-state index in [1.54, 1.807) is 30.3 Å². The first-order chi connectivity index (χ1) is 12.5. The van der Waals surface area contributed by atoms with E-state index in [2.05, 4.69) is 10.5 Å². The van der Waals surface area contributed by atoms with Crippen molar-refractivity contribution in [1.82, 2.24) is 5.43 Å². The molecule has 0 aliphatic rings. The molecule has 0 saturated heterocycles. The number of hydrogen-bond donors (Lipinski definition) is 2. The van der Waals surface area contributed by atoms with E-state index in [0.717, 1.165) is 11.1 Å². The Morgan fingerprint density at radius 2 is 1.85 bits per heavy atom. The number of nitrogens with one attached hydrogen (secondary N) is 1. The number of nitrogens with zero attached hydrogens (tertiary/aromatic N) is 1. The molecular formula is C19H20N2O5. The fourth-order valence-corrected chi connectivity index (χ4v) is 2.02. The maximum atomic E-state index is 11.8. The normalized spacial score (nSPS) is 10.5. The molecule has 0 aromatic heterocycles. The second-order valence-corrected chi connectivity index (χ2v) is 5.55. The zero-order chi connectivity index (χ0) is 18.9. The second-order valence-electron chi connectivity index (χ2n) is 5.55. The van der Waals surface area contributed by atoms with Crippen molar-refractivity contribution in [2.75, 3.05) is 13.2 Å². The standard InChI is InChI=1S/C19H20N2O5/c1-13-7-8-16(9-14(13)2)25-11-18(22)21-20-10-15-5-3-4-6-17(15)26-12-19(23)24/h3-10H,11-12H2,1-2H3,(H,21,22)(H,23,24)/b20-10+. The van der Waals surface area contributed by atoms with Crippen LogP contribution in [0, 0.1) is 13.8 Å². The van der Waals surface area contributed by atoms with E-state index in [1.807, 2.05) is 26.0 Å². The lowest BCUT2D eigenvalue weighted by atomic mass is 10.1. The van der Waals surface area contributed by atoms with Crippen molar-refractivity contribution in [3.05, 3.63) is 59.2 Å². The number of carboxylic acids is 1. The molecule has 2 rings (SSSR count). The van der Waals surface area contributed by atoms with E-state index in [0.29, 0.717) is 17.1 Å². The van der Waals surface area contributed by atoms with Crippen molar-refractivity contribution >= 4 is 18.1 Å². The highest BCUT2D eigenvalue weighted by Gasteiger charge is 2.05. The number of hydrazone groups is 1. The van der Waals surface area contributed by atoms with E-state index < -0.39 is 18.5 Å². The van der Waals surface area contributed by atoms with Crippen LogP contribution in [0.25, 0.3) is 0 Å². The van der Waals surface area contributed by atoms with Gasteiger partial charge in [0.15, 0.2) is 13.2 Å². The Labute approximate surface area is 151 Å². The van der Waals surface area contributed by atoms with Crippen LogP contribution in [0.1, 0.15) is 16.7 Å². The third-order valence-corrected chi connectivity index (χ3v) is 3.51. The van der Waals surface area contributed by atoms with Crippen LogP contribution in [0.15, 0.2) is 47.6 Å². The monoisotopic (exact) mass is 356 g/mol. The Balaban J connectivity index is 1.86. The van der Waals surface area contributed by atoms with Crippen LogP contribution in [0.5, 0.6) is 11.5 Å². The summed E-state index contributed by atoms with van der Waals surface area (Å²) in [6, 6.07) is 12.4. The van der Waals surface area contributed by atoms with Gasteiger partial charge in [-0.05, 0) is 49.2 Å². The topological polar surface area (TPSA) is 97.2 Å². The van der Waals surface area contributed by atoms with Gasteiger partial charge in [0, 0.05) is 5.56 Å².